The highest BCUT2D eigenvalue weighted by Crippen LogP contribution is 2.34. The molecule has 0 aliphatic rings. The zero-order chi connectivity index (χ0) is 15.3. The van der Waals surface area contributed by atoms with Gasteiger partial charge in [-0.05, 0) is 36.5 Å². The molecule has 0 aromatic heterocycles. The van der Waals surface area contributed by atoms with Crippen molar-refractivity contribution < 1.29 is 13.2 Å². The Hall–Kier alpha value is -1.81. The van der Waals surface area contributed by atoms with Crippen molar-refractivity contribution in [2.45, 2.75) is 31.5 Å². The highest BCUT2D eigenvalue weighted by atomic mass is 19.4. The summed E-state index contributed by atoms with van der Waals surface area (Å²) < 4.78 is 38.8. The molecule has 0 fully saturated rings. The molecule has 0 saturated heterocycles. The Morgan fingerprint density at radius 3 is 2.19 bits per heavy atom. The fraction of sp³-hybridized carbons (Fsp3) is 0.294. The Morgan fingerprint density at radius 2 is 1.52 bits per heavy atom. The van der Waals surface area contributed by atoms with E-state index < -0.39 is 17.8 Å². The molecular formula is C17H18F3N. The van der Waals surface area contributed by atoms with Crippen LogP contribution in [0.25, 0.3) is 0 Å². The molecule has 0 spiro atoms. The Labute approximate surface area is 122 Å². The summed E-state index contributed by atoms with van der Waals surface area (Å²) in [4.78, 5) is 0. The first-order valence-corrected chi connectivity index (χ1v) is 6.94. The first-order chi connectivity index (χ1) is 9.98. The molecule has 21 heavy (non-hydrogen) atoms. The maximum absolute atomic E-state index is 12.9. The van der Waals surface area contributed by atoms with Crippen LogP contribution >= 0.6 is 0 Å². The fourth-order valence-electron chi connectivity index (χ4n) is 2.40. The van der Waals surface area contributed by atoms with Crippen LogP contribution in [0.15, 0.2) is 54.6 Å². The Bertz CT molecular complexity index is 564. The van der Waals surface area contributed by atoms with Crippen LogP contribution in [0.5, 0.6) is 0 Å². The van der Waals surface area contributed by atoms with Crippen LogP contribution in [0, 0.1) is 0 Å². The predicted molar refractivity (Wildman–Crippen MR) is 77.8 cm³/mol. The largest absolute Gasteiger partial charge is 0.416 e. The summed E-state index contributed by atoms with van der Waals surface area (Å²) in [5, 5.41) is 0. The number of benzene rings is 2. The van der Waals surface area contributed by atoms with E-state index in [0.29, 0.717) is 6.42 Å². The van der Waals surface area contributed by atoms with E-state index in [2.05, 4.69) is 0 Å². The molecular weight excluding hydrogens is 275 g/mol. The highest BCUT2D eigenvalue weighted by molar-refractivity contribution is 5.32. The molecule has 0 aliphatic carbocycles. The zero-order valence-electron chi connectivity index (χ0n) is 11.6. The molecule has 2 aromatic carbocycles. The van der Waals surface area contributed by atoms with Crippen molar-refractivity contribution in [3.8, 4) is 0 Å². The number of hydrogen-bond donors (Lipinski definition) is 1. The number of aryl methyl sites for hydroxylation is 1. The van der Waals surface area contributed by atoms with Crippen molar-refractivity contribution >= 4 is 0 Å². The van der Waals surface area contributed by atoms with E-state index in [-0.39, 0.29) is 5.56 Å². The Kier molecular flexibility index (Phi) is 5.02. The summed E-state index contributed by atoms with van der Waals surface area (Å²) in [6.07, 6.45) is -2.24. The van der Waals surface area contributed by atoms with Crippen LogP contribution < -0.4 is 5.73 Å². The van der Waals surface area contributed by atoms with Crippen LogP contribution in [-0.2, 0) is 12.6 Å². The second-order valence-electron chi connectivity index (χ2n) is 5.07. The highest BCUT2D eigenvalue weighted by Gasteiger charge is 2.34. The molecule has 2 N–H and O–H groups in total. The van der Waals surface area contributed by atoms with Gasteiger partial charge >= 0.3 is 6.18 Å². The second-order valence-corrected chi connectivity index (χ2v) is 5.07. The van der Waals surface area contributed by atoms with Gasteiger partial charge in [-0.15, -0.1) is 0 Å². The van der Waals surface area contributed by atoms with Crippen molar-refractivity contribution in [2.75, 3.05) is 0 Å². The van der Waals surface area contributed by atoms with E-state index in [1.807, 2.05) is 30.3 Å². The number of hydrogen-bond acceptors (Lipinski definition) is 1. The molecule has 0 aliphatic heterocycles. The van der Waals surface area contributed by atoms with Gasteiger partial charge in [-0.1, -0.05) is 48.5 Å². The fourth-order valence-corrected chi connectivity index (χ4v) is 2.40. The van der Waals surface area contributed by atoms with E-state index >= 15 is 0 Å². The summed E-state index contributed by atoms with van der Waals surface area (Å²) in [6.45, 7) is 0. The van der Waals surface area contributed by atoms with E-state index in [1.165, 1.54) is 17.7 Å². The maximum Gasteiger partial charge on any atom is 0.416 e. The van der Waals surface area contributed by atoms with Crippen LogP contribution in [0.2, 0.25) is 0 Å². The quantitative estimate of drug-likeness (QED) is 0.847. The molecule has 0 heterocycles. The lowest BCUT2D eigenvalue weighted by Crippen LogP contribution is -2.17. The maximum atomic E-state index is 12.9. The number of alkyl halides is 3. The molecule has 1 unspecified atom stereocenters. The average molecular weight is 293 g/mol. The van der Waals surface area contributed by atoms with Crippen molar-refractivity contribution in [3.63, 3.8) is 0 Å². The topological polar surface area (TPSA) is 26.0 Å². The van der Waals surface area contributed by atoms with Gasteiger partial charge < -0.3 is 5.73 Å². The van der Waals surface area contributed by atoms with Gasteiger partial charge in [0.2, 0.25) is 0 Å². The number of nitrogens with two attached hydrogens (primary N) is 1. The minimum atomic E-state index is -4.35. The van der Waals surface area contributed by atoms with E-state index in [4.69, 9.17) is 5.73 Å². The first-order valence-electron chi connectivity index (χ1n) is 6.94. The van der Waals surface area contributed by atoms with Gasteiger partial charge in [0, 0.05) is 6.04 Å². The van der Waals surface area contributed by atoms with Gasteiger partial charge in [0.25, 0.3) is 0 Å². The molecule has 0 saturated carbocycles. The van der Waals surface area contributed by atoms with Gasteiger partial charge in [0.05, 0.1) is 5.56 Å². The Balaban J connectivity index is 1.99. The molecule has 0 radical (unpaired) electrons. The van der Waals surface area contributed by atoms with Gasteiger partial charge in [-0.25, -0.2) is 0 Å². The third-order valence-electron chi connectivity index (χ3n) is 3.49. The van der Waals surface area contributed by atoms with Gasteiger partial charge in [-0.2, -0.15) is 13.2 Å². The van der Waals surface area contributed by atoms with Gasteiger partial charge in [0.15, 0.2) is 0 Å². The number of rotatable bonds is 5. The molecule has 1 nitrogen and oxygen atoms in total. The van der Waals surface area contributed by atoms with E-state index in [1.54, 1.807) is 6.07 Å². The third-order valence-corrected chi connectivity index (χ3v) is 3.49. The molecule has 2 rings (SSSR count). The van der Waals surface area contributed by atoms with E-state index in [9.17, 15) is 13.2 Å². The minimum Gasteiger partial charge on any atom is -0.324 e. The third kappa shape index (κ3) is 4.33. The Morgan fingerprint density at radius 1 is 0.905 bits per heavy atom. The van der Waals surface area contributed by atoms with Crippen LogP contribution in [0.1, 0.15) is 35.6 Å². The van der Waals surface area contributed by atoms with Crippen molar-refractivity contribution in [2.24, 2.45) is 5.73 Å². The minimum absolute atomic E-state index is 0.179. The monoisotopic (exact) mass is 293 g/mol. The molecule has 2 aromatic rings. The summed E-state index contributed by atoms with van der Waals surface area (Å²) in [6, 6.07) is 14.8. The average Bonchev–Trinajstić information content (AvgIpc) is 2.47. The number of halogens is 3. The standard InChI is InChI=1S/C17H18F3N/c18-17(19,20)15-11-5-4-10-14(15)16(21)12-6-9-13-7-2-1-3-8-13/h1-5,7-8,10-11,16H,6,9,12,21H2. The van der Waals surface area contributed by atoms with Gasteiger partial charge in [-0.3, -0.25) is 0 Å². The summed E-state index contributed by atoms with van der Waals surface area (Å²) in [5.74, 6) is 0. The van der Waals surface area contributed by atoms with Crippen molar-refractivity contribution in [1.82, 2.24) is 0 Å². The van der Waals surface area contributed by atoms with Crippen molar-refractivity contribution in [3.05, 3.63) is 71.3 Å². The molecule has 0 amide bonds. The SMILES string of the molecule is NC(CCCc1ccccc1)c1ccccc1C(F)(F)F. The second kappa shape index (κ2) is 6.76. The van der Waals surface area contributed by atoms with Crippen molar-refractivity contribution in [1.29, 1.82) is 0 Å². The van der Waals surface area contributed by atoms with Crippen LogP contribution in [0.3, 0.4) is 0 Å². The molecule has 0 bridgehead atoms. The lowest BCUT2D eigenvalue weighted by atomic mass is 9.95. The summed E-state index contributed by atoms with van der Waals surface area (Å²) >= 11 is 0. The molecule has 1 atom stereocenters. The molecule has 4 heteroatoms. The molecule has 112 valence electrons. The predicted octanol–water partition coefficient (Wildman–Crippen LogP) is 4.73. The first kappa shape index (κ1) is 15.6. The van der Waals surface area contributed by atoms with Crippen LogP contribution in [-0.4, -0.2) is 0 Å². The van der Waals surface area contributed by atoms with Crippen LogP contribution in [0.4, 0.5) is 13.2 Å². The lowest BCUT2D eigenvalue weighted by Gasteiger charge is -2.18. The normalized spacial score (nSPS) is 13.1. The summed E-state index contributed by atoms with van der Waals surface area (Å²) in [5.41, 5.74) is 6.68. The van der Waals surface area contributed by atoms with Gasteiger partial charge in [0.1, 0.15) is 0 Å². The zero-order valence-corrected chi connectivity index (χ0v) is 11.6. The smallest absolute Gasteiger partial charge is 0.324 e. The summed E-state index contributed by atoms with van der Waals surface area (Å²) in [7, 11) is 0. The van der Waals surface area contributed by atoms with E-state index in [0.717, 1.165) is 18.9 Å². The lowest BCUT2D eigenvalue weighted by molar-refractivity contribution is -0.138.